The topological polar surface area (TPSA) is 22.1 Å². The number of methoxy groups -OCH3 is 1. The zero-order chi connectivity index (χ0) is 13.9. The highest BCUT2D eigenvalue weighted by atomic mass is 16.5. The van der Waals surface area contributed by atoms with Gasteiger partial charge < -0.3 is 4.74 Å². The van der Waals surface area contributed by atoms with E-state index in [1.807, 2.05) is 60.7 Å². The minimum Gasteiger partial charge on any atom is -0.496 e. The first-order chi connectivity index (χ1) is 9.81. The Bertz CT molecular complexity index is 763. The van der Waals surface area contributed by atoms with E-state index in [2.05, 4.69) is 6.58 Å². The molecule has 0 N–H and O–H groups in total. The van der Waals surface area contributed by atoms with E-state index in [1.165, 1.54) is 0 Å². The number of hydrogen-bond donors (Lipinski definition) is 0. The van der Waals surface area contributed by atoms with Crippen molar-refractivity contribution in [2.45, 2.75) is 0 Å². The summed E-state index contributed by atoms with van der Waals surface area (Å²) in [5.41, 5.74) is 3.99. The van der Waals surface area contributed by atoms with Gasteiger partial charge in [-0.15, -0.1) is 0 Å². The molecule has 0 fully saturated rings. The van der Waals surface area contributed by atoms with E-state index in [9.17, 15) is 0 Å². The van der Waals surface area contributed by atoms with Crippen molar-refractivity contribution in [1.29, 1.82) is 0 Å². The summed E-state index contributed by atoms with van der Waals surface area (Å²) in [7, 11) is 1.68. The number of pyridine rings is 1. The average molecular weight is 261 g/mol. The first kappa shape index (κ1) is 12.4. The Labute approximate surface area is 118 Å². The molecule has 0 saturated heterocycles. The van der Waals surface area contributed by atoms with E-state index in [0.717, 1.165) is 33.5 Å². The molecule has 98 valence electrons. The molecule has 0 aliphatic carbocycles. The third-order valence-electron chi connectivity index (χ3n) is 3.32. The Hall–Kier alpha value is -2.61. The van der Waals surface area contributed by atoms with Crippen molar-refractivity contribution in [3.63, 3.8) is 0 Å². The molecule has 1 heterocycles. The summed E-state index contributed by atoms with van der Waals surface area (Å²) in [5, 5.41) is 1.00. The molecule has 2 aromatic carbocycles. The predicted molar refractivity (Wildman–Crippen MR) is 83.8 cm³/mol. The lowest BCUT2D eigenvalue weighted by Gasteiger charge is -2.09. The molecular weight excluding hydrogens is 246 g/mol. The number of fused-ring (bicyclic) bond motifs is 1. The zero-order valence-electron chi connectivity index (χ0n) is 11.3. The molecule has 0 saturated carbocycles. The fraction of sp³-hybridized carbons (Fsp3) is 0.0556. The number of nitrogens with zero attached hydrogens (tertiary/aromatic N) is 1. The lowest BCUT2D eigenvalue weighted by Crippen LogP contribution is -1.91. The van der Waals surface area contributed by atoms with Crippen LogP contribution in [-0.2, 0) is 0 Å². The maximum Gasteiger partial charge on any atom is 0.130 e. The molecule has 0 atom stereocenters. The van der Waals surface area contributed by atoms with Gasteiger partial charge in [-0.1, -0.05) is 49.1 Å². The lowest BCUT2D eigenvalue weighted by molar-refractivity contribution is 0.419. The Kier molecular flexibility index (Phi) is 3.21. The van der Waals surface area contributed by atoms with Gasteiger partial charge in [-0.2, -0.15) is 0 Å². The van der Waals surface area contributed by atoms with Crippen LogP contribution in [0.2, 0.25) is 0 Å². The summed E-state index contributed by atoms with van der Waals surface area (Å²) >= 11 is 0. The molecule has 1 aromatic heterocycles. The lowest BCUT2D eigenvalue weighted by atomic mass is 10.1. The van der Waals surface area contributed by atoms with E-state index in [0.29, 0.717) is 0 Å². The van der Waals surface area contributed by atoms with Gasteiger partial charge in [0.25, 0.3) is 0 Å². The Morgan fingerprint density at radius 2 is 1.85 bits per heavy atom. The first-order valence-electron chi connectivity index (χ1n) is 6.48. The fourth-order valence-corrected chi connectivity index (χ4v) is 2.27. The van der Waals surface area contributed by atoms with Gasteiger partial charge >= 0.3 is 0 Å². The van der Waals surface area contributed by atoms with Crippen molar-refractivity contribution in [2.24, 2.45) is 0 Å². The van der Waals surface area contributed by atoms with Crippen LogP contribution < -0.4 is 4.74 Å². The largest absolute Gasteiger partial charge is 0.496 e. The summed E-state index contributed by atoms with van der Waals surface area (Å²) < 4.78 is 5.51. The minimum absolute atomic E-state index is 0.831. The molecule has 2 heteroatoms. The number of aromatic nitrogens is 1. The van der Waals surface area contributed by atoms with Gasteiger partial charge in [0.05, 0.1) is 18.3 Å². The quantitative estimate of drug-likeness (QED) is 0.690. The van der Waals surface area contributed by atoms with Gasteiger partial charge in [0.1, 0.15) is 5.75 Å². The molecule has 2 nitrogen and oxygen atoms in total. The van der Waals surface area contributed by atoms with Crippen LogP contribution in [0, 0.1) is 0 Å². The van der Waals surface area contributed by atoms with Crippen molar-refractivity contribution in [3.8, 4) is 17.0 Å². The van der Waals surface area contributed by atoms with Gasteiger partial charge in [-0.05, 0) is 17.7 Å². The second-order valence-electron chi connectivity index (χ2n) is 4.56. The molecule has 0 amide bonds. The van der Waals surface area contributed by atoms with Gasteiger partial charge in [-0.25, -0.2) is 4.98 Å². The Morgan fingerprint density at radius 3 is 2.55 bits per heavy atom. The van der Waals surface area contributed by atoms with Crippen LogP contribution in [0.15, 0.2) is 61.2 Å². The van der Waals surface area contributed by atoms with E-state index in [4.69, 9.17) is 9.72 Å². The number of ether oxygens (including phenoxy) is 1. The molecule has 20 heavy (non-hydrogen) atoms. The monoisotopic (exact) mass is 261 g/mol. The molecule has 0 bridgehead atoms. The smallest absolute Gasteiger partial charge is 0.130 e. The molecule has 0 radical (unpaired) electrons. The maximum absolute atomic E-state index is 5.51. The van der Waals surface area contributed by atoms with E-state index in [-0.39, 0.29) is 0 Å². The molecule has 3 rings (SSSR count). The standard InChI is InChI=1S/C18H15NO/c1-3-13-9-10-16-15(11-13)18(20-2)12-17(19-16)14-7-5-4-6-8-14/h3-12H,1H2,2H3. The highest BCUT2D eigenvalue weighted by Crippen LogP contribution is 2.30. The van der Waals surface area contributed by atoms with Crippen LogP contribution in [0.1, 0.15) is 5.56 Å². The molecule has 0 spiro atoms. The minimum atomic E-state index is 0.831. The van der Waals surface area contributed by atoms with Crippen LogP contribution in [0.3, 0.4) is 0 Å². The first-order valence-corrected chi connectivity index (χ1v) is 6.48. The van der Waals surface area contributed by atoms with Crippen LogP contribution in [0.4, 0.5) is 0 Å². The Morgan fingerprint density at radius 1 is 1.05 bits per heavy atom. The maximum atomic E-state index is 5.51. The molecule has 0 unspecified atom stereocenters. The van der Waals surface area contributed by atoms with Crippen molar-refractivity contribution < 1.29 is 4.74 Å². The van der Waals surface area contributed by atoms with Crippen molar-refractivity contribution in [2.75, 3.05) is 7.11 Å². The van der Waals surface area contributed by atoms with Gasteiger partial charge in [0, 0.05) is 17.0 Å². The summed E-state index contributed by atoms with van der Waals surface area (Å²) in [6.07, 6.45) is 1.82. The summed E-state index contributed by atoms with van der Waals surface area (Å²) in [4.78, 5) is 4.72. The molecular formula is C18H15NO. The summed E-state index contributed by atoms with van der Waals surface area (Å²) in [6, 6.07) is 18.1. The van der Waals surface area contributed by atoms with Crippen molar-refractivity contribution >= 4 is 17.0 Å². The van der Waals surface area contributed by atoms with Crippen LogP contribution in [0.25, 0.3) is 28.2 Å². The number of hydrogen-bond acceptors (Lipinski definition) is 2. The SMILES string of the molecule is C=Cc1ccc2nc(-c3ccccc3)cc(OC)c2c1. The van der Waals surface area contributed by atoms with Crippen molar-refractivity contribution in [3.05, 3.63) is 66.7 Å². The highest BCUT2D eigenvalue weighted by Gasteiger charge is 2.08. The Balaban J connectivity index is 2.25. The molecule has 0 aliphatic heterocycles. The third kappa shape index (κ3) is 2.16. The molecule has 0 aliphatic rings. The third-order valence-corrected chi connectivity index (χ3v) is 3.32. The highest BCUT2D eigenvalue weighted by molar-refractivity contribution is 5.89. The predicted octanol–water partition coefficient (Wildman–Crippen LogP) is 4.55. The summed E-state index contributed by atoms with van der Waals surface area (Å²) in [6.45, 7) is 3.80. The van der Waals surface area contributed by atoms with Crippen LogP contribution in [-0.4, -0.2) is 12.1 Å². The van der Waals surface area contributed by atoms with E-state index >= 15 is 0 Å². The van der Waals surface area contributed by atoms with Crippen LogP contribution in [0.5, 0.6) is 5.75 Å². The average Bonchev–Trinajstić information content (AvgIpc) is 2.54. The van der Waals surface area contributed by atoms with Crippen LogP contribution >= 0.6 is 0 Å². The molecule has 3 aromatic rings. The fourth-order valence-electron chi connectivity index (χ4n) is 2.27. The van der Waals surface area contributed by atoms with Gasteiger partial charge in [-0.3, -0.25) is 0 Å². The van der Waals surface area contributed by atoms with E-state index < -0.39 is 0 Å². The van der Waals surface area contributed by atoms with E-state index in [1.54, 1.807) is 7.11 Å². The summed E-state index contributed by atoms with van der Waals surface area (Å²) in [5.74, 6) is 0.831. The normalized spacial score (nSPS) is 10.4. The van der Waals surface area contributed by atoms with Gasteiger partial charge in [0.2, 0.25) is 0 Å². The number of benzene rings is 2. The van der Waals surface area contributed by atoms with Crippen molar-refractivity contribution in [1.82, 2.24) is 4.98 Å². The number of rotatable bonds is 3. The van der Waals surface area contributed by atoms with Gasteiger partial charge in [0.15, 0.2) is 0 Å². The second kappa shape index (κ2) is 5.17. The zero-order valence-corrected chi connectivity index (χ0v) is 11.3. The second-order valence-corrected chi connectivity index (χ2v) is 4.56.